The highest BCUT2D eigenvalue weighted by atomic mass is 16.5. The number of ether oxygens (including phenoxy) is 2. The van der Waals surface area contributed by atoms with Gasteiger partial charge < -0.3 is 14.0 Å². The van der Waals surface area contributed by atoms with Crippen LogP contribution in [0.15, 0.2) is 30.3 Å². The molecule has 1 aliphatic rings. The second-order valence-corrected chi connectivity index (χ2v) is 5.66. The molecule has 0 saturated heterocycles. The molecule has 120 valence electrons. The first-order chi connectivity index (χ1) is 11.0. The molecule has 1 aliphatic carbocycles. The second-order valence-electron chi connectivity index (χ2n) is 5.66. The lowest BCUT2D eigenvalue weighted by molar-refractivity contribution is 0.0514. The fourth-order valence-electron chi connectivity index (χ4n) is 3.01. The van der Waals surface area contributed by atoms with Crippen LogP contribution < -0.4 is 4.74 Å². The van der Waals surface area contributed by atoms with Gasteiger partial charge in [0.25, 0.3) is 0 Å². The summed E-state index contributed by atoms with van der Waals surface area (Å²) in [5, 5.41) is 0. The van der Waals surface area contributed by atoms with Crippen LogP contribution in [0.3, 0.4) is 0 Å². The van der Waals surface area contributed by atoms with Crippen molar-refractivity contribution in [2.24, 2.45) is 7.05 Å². The number of carbonyl (C=O) groups excluding carboxylic acids is 2. The third kappa shape index (κ3) is 2.57. The van der Waals surface area contributed by atoms with E-state index in [4.69, 9.17) is 9.47 Å². The van der Waals surface area contributed by atoms with Crippen molar-refractivity contribution >= 4 is 11.6 Å². The van der Waals surface area contributed by atoms with E-state index in [-0.39, 0.29) is 24.6 Å². The Morgan fingerprint density at radius 2 is 1.91 bits per heavy atom. The number of hydrogen-bond acceptors (Lipinski definition) is 4. The van der Waals surface area contributed by atoms with E-state index in [0.29, 0.717) is 11.3 Å². The van der Waals surface area contributed by atoms with E-state index in [1.807, 2.05) is 37.3 Å². The predicted octanol–water partition coefficient (Wildman–Crippen LogP) is 2.70. The van der Waals surface area contributed by atoms with Crippen LogP contribution in [0, 0.1) is 6.92 Å². The van der Waals surface area contributed by atoms with Crippen LogP contribution in [0.5, 0.6) is 5.75 Å². The smallest absolute Gasteiger partial charge is 0.194 e. The fourth-order valence-corrected chi connectivity index (χ4v) is 3.01. The van der Waals surface area contributed by atoms with E-state index < -0.39 is 6.10 Å². The Hall–Kier alpha value is -2.40. The van der Waals surface area contributed by atoms with Gasteiger partial charge in [0.15, 0.2) is 11.6 Å². The van der Waals surface area contributed by atoms with Gasteiger partial charge in [-0.3, -0.25) is 9.59 Å². The highest BCUT2D eigenvalue weighted by Crippen LogP contribution is 2.31. The average Bonchev–Trinajstić information content (AvgIpc) is 2.82. The SMILES string of the molecule is COC1CC(=O)c2c(c(COc3ccccc3)c(C)n2C)C1=O. The normalized spacial score (nSPS) is 17.3. The number of para-hydroxylation sites is 1. The van der Waals surface area contributed by atoms with Gasteiger partial charge in [0.05, 0.1) is 11.3 Å². The molecule has 0 saturated carbocycles. The molecule has 0 fully saturated rings. The molecule has 1 atom stereocenters. The Kier molecular flexibility index (Phi) is 4.05. The lowest BCUT2D eigenvalue weighted by Gasteiger charge is -2.20. The first kappa shape index (κ1) is 15.5. The zero-order valence-corrected chi connectivity index (χ0v) is 13.5. The van der Waals surface area contributed by atoms with Gasteiger partial charge in [0.1, 0.15) is 18.5 Å². The average molecular weight is 313 g/mol. The van der Waals surface area contributed by atoms with Gasteiger partial charge >= 0.3 is 0 Å². The summed E-state index contributed by atoms with van der Waals surface area (Å²) in [4.78, 5) is 25.0. The van der Waals surface area contributed by atoms with Crippen molar-refractivity contribution in [1.29, 1.82) is 0 Å². The molecule has 2 aromatic rings. The summed E-state index contributed by atoms with van der Waals surface area (Å²) in [6, 6.07) is 9.40. The molecule has 5 heteroatoms. The summed E-state index contributed by atoms with van der Waals surface area (Å²) in [5.41, 5.74) is 2.53. The number of ketones is 2. The van der Waals surface area contributed by atoms with E-state index in [1.54, 1.807) is 11.6 Å². The first-order valence-electron chi connectivity index (χ1n) is 7.50. The number of methoxy groups -OCH3 is 1. The molecule has 0 N–H and O–H groups in total. The highest BCUT2D eigenvalue weighted by molar-refractivity contribution is 6.16. The first-order valence-corrected chi connectivity index (χ1v) is 7.50. The minimum atomic E-state index is -0.702. The van der Waals surface area contributed by atoms with Gasteiger partial charge in [-0.15, -0.1) is 0 Å². The number of hydrogen-bond donors (Lipinski definition) is 0. The van der Waals surface area contributed by atoms with Crippen molar-refractivity contribution in [3.8, 4) is 5.75 Å². The summed E-state index contributed by atoms with van der Waals surface area (Å²) in [6.07, 6.45) is -0.606. The maximum atomic E-state index is 12.6. The maximum Gasteiger partial charge on any atom is 0.194 e. The van der Waals surface area contributed by atoms with Crippen LogP contribution in [0.1, 0.15) is 38.5 Å². The van der Waals surface area contributed by atoms with Crippen molar-refractivity contribution in [3.63, 3.8) is 0 Å². The molecule has 0 spiro atoms. The molecule has 5 nitrogen and oxygen atoms in total. The van der Waals surface area contributed by atoms with Crippen molar-refractivity contribution in [2.75, 3.05) is 7.11 Å². The van der Waals surface area contributed by atoms with Gasteiger partial charge in [-0.1, -0.05) is 18.2 Å². The van der Waals surface area contributed by atoms with Crippen LogP contribution in [0.2, 0.25) is 0 Å². The number of carbonyl (C=O) groups is 2. The molecule has 1 aromatic carbocycles. The summed E-state index contributed by atoms with van der Waals surface area (Å²) in [5.74, 6) is 0.517. The van der Waals surface area contributed by atoms with Crippen LogP contribution in [-0.4, -0.2) is 29.3 Å². The third-order valence-electron chi connectivity index (χ3n) is 4.40. The molecule has 0 radical (unpaired) electrons. The van der Waals surface area contributed by atoms with E-state index >= 15 is 0 Å². The van der Waals surface area contributed by atoms with Crippen LogP contribution in [0.25, 0.3) is 0 Å². The molecule has 1 heterocycles. The third-order valence-corrected chi connectivity index (χ3v) is 4.40. The molecular weight excluding hydrogens is 294 g/mol. The Morgan fingerprint density at radius 3 is 2.57 bits per heavy atom. The Labute approximate surface area is 134 Å². The van der Waals surface area contributed by atoms with Crippen molar-refractivity contribution in [1.82, 2.24) is 4.57 Å². The van der Waals surface area contributed by atoms with Gasteiger partial charge in [0, 0.05) is 31.8 Å². The molecule has 23 heavy (non-hydrogen) atoms. The summed E-state index contributed by atoms with van der Waals surface area (Å²) >= 11 is 0. The van der Waals surface area contributed by atoms with Gasteiger partial charge in [0.2, 0.25) is 0 Å². The second kappa shape index (κ2) is 6.01. The molecule has 1 aromatic heterocycles. The van der Waals surface area contributed by atoms with Crippen molar-refractivity contribution < 1.29 is 19.1 Å². The molecule has 0 aliphatic heterocycles. The van der Waals surface area contributed by atoms with Gasteiger partial charge in [-0.25, -0.2) is 0 Å². The van der Waals surface area contributed by atoms with Gasteiger partial charge in [-0.05, 0) is 19.1 Å². The van der Waals surface area contributed by atoms with Crippen LogP contribution in [0.4, 0.5) is 0 Å². The van der Waals surface area contributed by atoms with Gasteiger partial charge in [-0.2, -0.15) is 0 Å². The monoisotopic (exact) mass is 313 g/mol. The predicted molar refractivity (Wildman–Crippen MR) is 85.0 cm³/mol. The molecule has 1 unspecified atom stereocenters. The minimum absolute atomic E-state index is 0.0667. The van der Waals surface area contributed by atoms with E-state index in [9.17, 15) is 9.59 Å². The minimum Gasteiger partial charge on any atom is -0.489 e. The Bertz CT molecular complexity index is 761. The van der Waals surface area contributed by atoms with E-state index in [2.05, 4.69) is 0 Å². The number of rotatable bonds is 4. The lowest BCUT2D eigenvalue weighted by atomic mass is 9.90. The van der Waals surface area contributed by atoms with Crippen LogP contribution >= 0.6 is 0 Å². The molecule has 3 rings (SSSR count). The number of aromatic nitrogens is 1. The zero-order valence-electron chi connectivity index (χ0n) is 13.5. The number of fused-ring (bicyclic) bond motifs is 1. The molecule has 0 amide bonds. The Balaban J connectivity index is 2.00. The number of nitrogens with zero attached hydrogens (tertiary/aromatic N) is 1. The summed E-state index contributed by atoms with van der Waals surface area (Å²) in [6.45, 7) is 2.14. The van der Waals surface area contributed by atoms with Crippen molar-refractivity contribution in [2.45, 2.75) is 26.1 Å². The number of Topliss-reactive ketones (excluding diaryl/α,β-unsaturated/α-hetero) is 2. The molecule has 0 bridgehead atoms. The van der Waals surface area contributed by atoms with Crippen molar-refractivity contribution in [3.05, 3.63) is 52.8 Å². The summed E-state index contributed by atoms with van der Waals surface area (Å²) < 4.78 is 12.7. The lowest BCUT2D eigenvalue weighted by Crippen LogP contribution is -2.33. The Morgan fingerprint density at radius 1 is 1.22 bits per heavy atom. The topological polar surface area (TPSA) is 57.5 Å². The summed E-state index contributed by atoms with van der Waals surface area (Å²) in [7, 11) is 3.26. The largest absolute Gasteiger partial charge is 0.489 e. The highest BCUT2D eigenvalue weighted by Gasteiger charge is 2.38. The van der Waals surface area contributed by atoms with E-state index in [1.165, 1.54) is 7.11 Å². The molecular formula is C18H19NO4. The zero-order chi connectivity index (χ0) is 16.6. The maximum absolute atomic E-state index is 12.6. The fraction of sp³-hybridized carbons (Fsp3) is 0.333. The quantitative estimate of drug-likeness (QED) is 0.871. The van der Waals surface area contributed by atoms with Crippen LogP contribution in [-0.2, 0) is 18.4 Å². The number of benzene rings is 1. The van der Waals surface area contributed by atoms with E-state index in [0.717, 1.165) is 17.0 Å². The standard InChI is InChI=1S/C18H19NO4/c1-11-13(10-23-12-7-5-4-6-8-12)16-17(19(11)2)14(20)9-15(22-3)18(16)21/h4-8,15H,9-10H2,1-3H3.